The van der Waals surface area contributed by atoms with Crippen molar-refractivity contribution in [2.45, 2.75) is 33.6 Å². The highest BCUT2D eigenvalue weighted by atomic mass is 16.2. The number of nitrogens with zero attached hydrogens (tertiary/aromatic N) is 1. The van der Waals surface area contributed by atoms with Gasteiger partial charge in [0.1, 0.15) is 0 Å². The first-order valence-electron chi connectivity index (χ1n) is 5.81. The topological polar surface area (TPSA) is 37.4 Å². The molecule has 3 heteroatoms. The van der Waals surface area contributed by atoms with Crippen molar-refractivity contribution in [1.29, 1.82) is 0 Å². The van der Waals surface area contributed by atoms with E-state index in [4.69, 9.17) is 0 Å². The first-order chi connectivity index (χ1) is 7.89. The van der Waals surface area contributed by atoms with Crippen LogP contribution < -0.4 is 4.90 Å². The molecule has 1 heterocycles. The summed E-state index contributed by atoms with van der Waals surface area (Å²) in [6, 6.07) is 7.47. The molecular weight excluding hydrogens is 214 g/mol. The number of aryl methyl sites for hydroxylation is 1. The van der Waals surface area contributed by atoms with Crippen LogP contribution in [-0.4, -0.2) is 11.8 Å². The minimum atomic E-state index is -0.213. The molecule has 3 nitrogen and oxygen atoms in total. The molecule has 1 aliphatic rings. The van der Waals surface area contributed by atoms with E-state index in [-0.39, 0.29) is 17.2 Å². The number of rotatable bonds is 1. The lowest BCUT2D eigenvalue weighted by molar-refractivity contribution is -0.132. The van der Waals surface area contributed by atoms with Crippen LogP contribution in [0, 0.1) is 12.3 Å². The Labute approximate surface area is 101 Å². The van der Waals surface area contributed by atoms with Gasteiger partial charge < -0.3 is 0 Å². The predicted octanol–water partition coefficient (Wildman–Crippen LogP) is 2.67. The Morgan fingerprint density at radius 3 is 1.94 bits per heavy atom. The second kappa shape index (κ2) is 3.99. The number of carbonyl (C=O) groups is 2. The maximum Gasteiger partial charge on any atom is 0.234 e. The van der Waals surface area contributed by atoms with E-state index in [2.05, 4.69) is 0 Å². The summed E-state index contributed by atoms with van der Waals surface area (Å²) in [5, 5.41) is 0. The van der Waals surface area contributed by atoms with Crippen LogP contribution in [0.1, 0.15) is 32.3 Å². The lowest BCUT2D eigenvalue weighted by atomic mass is 9.81. The van der Waals surface area contributed by atoms with E-state index in [9.17, 15) is 9.59 Å². The number of piperidine rings is 1. The highest BCUT2D eigenvalue weighted by molar-refractivity contribution is 6.16. The Morgan fingerprint density at radius 2 is 1.47 bits per heavy atom. The van der Waals surface area contributed by atoms with Crippen molar-refractivity contribution in [3.63, 3.8) is 0 Å². The highest BCUT2D eigenvalue weighted by Crippen LogP contribution is 2.33. The molecule has 0 atom stereocenters. The van der Waals surface area contributed by atoms with Crippen LogP contribution in [0.4, 0.5) is 5.69 Å². The summed E-state index contributed by atoms with van der Waals surface area (Å²) in [5.74, 6) is -0.204. The average Bonchev–Trinajstić information content (AvgIpc) is 2.18. The molecular formula is C14H17NO2. The van der Waals surface area contributed by atoms with Gasteiger partial charge in [-0.25, -0.2) is 0 Å². The van der Waals surface area contributed by atoms with E-state index in [1.54, 1.807) is 0 Å². The Bertz CT molecular complexity index is 440. The lowest BCUT2D eigenvalue weighted by Crippen LogP contribution is -2.46. The molecule has 90 valence electrons. The maximum absolute atomic E-state index is 12.0. The Hall–Kier alpha value is -1.64. The smallest absolute Gasteiger partial charge is 0.234 e. The molecule has 2 rings (SSSR count). The van der Waals surface area contributed by atoms with Crippen molar-refractivity contribution < 1.29 is 9.59 Å². The molecule has 0 bridgehead atoms. The van der Waals surface area contributed by atoms with Gasteiger partial charge in [-0.2, -0.15) is 0 Å². The molecule has 17 heavy (non-hydrogen) atoms. The van der Waals surface area contributed by atoms with E-state index in [0.29, 0.717) is 18.5 Å². The molecule has 1 aromatic rings. The molecule has 0 saturated carbocycles. The van der Waals surface area contributed by atoms with Crippen molar-refractivity contribution in [3.8, 4) is 0 Å². The molecule has 2 amide bonds. The third-order valence-electron chi connectivity index (χ3n) is 3.05. The van der Waals surface area contributed by atoms with E-state index >= 15 is 0 Å². The van der Waals surface area contributed by atoms with Crippen molar-refractivity contribution in [1.82, 2.24) is 0 Å². The Morgan fingerprint density at radius 1 is 1.00 bits per heavy atom. The van der Waals surface area contributed by atoms with Crippen LogP contribution in [0.3, 0.4) is 0 Å². The van der Waals surface area contributed by atoms with Gasteiger partial charge in [0.05, 0.1) is 5.69 Å². The van der Waals surface area contributed by atoms with Crippen LogP contribution in [0.15, 0.2) is 24.3 Å². The lowest BCUT2D eigenvalue weighted by Gasteiger charge is -2.34. The molecule has 1 fully saturated rings. The maximum atomic E-state index is 12.0. The molecule has 0 unspecified atom stereocenters. The minimum absolute atomic E-state index is 0.102. The van der Waals surface area contributed by atoms with Gasteiger partial charge in [0.2, 0.25) is 11.8 Å². The number of hydrogen-bond donors (Lipinski definition) is 0. The number of imide groups is 1. The van der Waals surface area contributed by atoms with Crippen LogP contribution >= 0.6 is 0 Å². The number of benzene rings is 1. The van der Waals surface area contributed by atoms with Gasteiger partial charge in [0.25, 0.3) is 0 Å². The second-order valence-corrected chi connectivity index (χ2v) is 5.48. The van der Waals surface area contributed by atoms with Crippen molar-refractivity contribution in [2.24, 2.45) is 5.41 Å². The van der Waals surface area contributed by atoms with E-state index in [0.717, 1.165) is 5.56 Å². The molecule has 1 aromatic carbocycles. The number of hydrogen-bond acceptors (Lipinski definition) is 2. The summed E-state index contributed by atoms with van der Waals surface area (Å²) in [5.41, 5.74) is 1.59. The third kappa shape index (κ3) is 2.38. The zero-order valence-corrected chi connectivity index (χ0v) is 10.5. The molecule has 1 saturated heterocycles. The van der Waals surface area contributed by atoms with Gasteiger partial charge >= 0.3 is 0 Å². The fourth-order valence-corrected chi connectivity index (χ4v) is 2.16. The third-order valence-corrected chi connectivity index (χ3v) is 3.05. The quantitative estimate of drug-likeness (QED) is 0.697. The van der Waals surface area contributed by atoms with Gasteiger partial charge in [-0.1, -0.05) is 31.5 Å². The second-order valence-electron chi connectivity index (χ2n) is 5.48. The molecule has 0 spiro atoms. The fraction of sp³-hybridized carbons (Fsp3) is 0.429. The molecule has 0 aromatic heterocycles. The average molecular weight is 231 g/mol. The van der Waals surface area contributed by atoms with Crippen molar-refractivity contribution in [2.75, 3.05) is 4.90 Å². The van der Waals surface area contributed by atoms with Crippen LogP contribution in [0.25, 0.3) is 0 Å². The number of anilines is 1. The fourth-order valence-electron chi connectivity index (χ4n) is 2.16. The monoisotopic (exact) mass is 231 g/mol. The van der Waals surface area contributed by atoms with Crippen LogP contribution in [0.2, 0.25) is 0 Å². The zero-order valence-electron chi connectivity index (χ0n) is 10.5. The number of carbonyl (C=O) groups excluding carboxylic acids is 2. The van der Waals surface area contributed by atoms with E-state index in [1.807, 2.05) is 45.0 Å². The summed E-state index contributed by atoms with van der Waals surface area (Å²) in [4.78, 5) is 25.3. The summed E-state index contributed by atoms with van der Waals surface area (Å²) in [6.07, 6.45) is 0.846. The summed E-state index contributed by atoms with van der Waals surface area (Å²) in [7, 11) is 0. The van der Waals surface area contributed by atoms with Crippen molar-refractivity contribution >= 4 is 17.5 Å². The largest absolute Gasteiger partial charge is 0.274 e. The van der Waals surface area contributed by atoms with Crippen LogP contribution in [-0.2, 0) is 9.59 Å². The SMILES string of the molecule is Cc1ccc(N2C(=O)CC(C)(C)CC2=O)cc1. The number of amides is 2. The Kier molecular flexibility index (Phi) is 2.77. The molecule has 1 aliphatic heterocycles. The summed E-state index contributed by atoms with van der Waals surface area (Å²) in [6.45, 7) is 5.89. The van der Waals surface area contributed by atoms with Crippen LogP contribution in [0.5, 0.6) is 0 Å². The normalized spacial score (nSPS) is 19.6. The minimum Gasteiger partial charge on any atom is -0.274 e. The molecule has 0 aliphatic carbocycles. The predicted molar refractivity (Wildman–Crippen MR) is 66.7 cm³/mol. The standard InChI is InChI=1S/C14H17NO2/c1-10-4-6-11(7-5-10)15-12(16)8-14(2,3)9-13(15)17/h4-7H,8-9H2,1-3H3. The Balaban J connectivity index is 2.30. The first kappa shape index (κ1) is 11.8. The van der Waals surface area contributed by atoms with Gasteiger partial charge in [0.15, 0.2) is 0 Å². The van der Waals surface area contributed by atoms with E-state index < -0.39 is 0 Å². The zero-order chi connectivity index (χ0) is 12.6. The highest BCUT2D eigenvalue weighted by Gasteiger charge is 2.37. The van der Waals surface area contributed by atoms with Crippen molar-refractivity contribution in [3.05, 3.63) is 29.8 Å². The van der Waals surface area contributed by atoms with Gasteiger partial charge in [-0.05, 0) is 24.5 Å². The molecule has 0 N–H and O–H groups in total. The van der Waals surface area contributed by atoms with E-state index in [1.165, 1.54) is 4.90 Å². The van der Waals surface area contributed by atoms with Gasteiger partial charge in [0, 0.05) is 12.8 Å². The van der Waals surface area contributed by atoms with Gasteiger partial charge in [-0.3, -0.25) is 14.5 Å². The summed E-state index contributed by atoms with van der Waals surface area (Å²) < 4.78 is 0. The van der Waals surface area contributed by atoms with Gasteiger partial charge in [-0.15, -0.1) is 0 Å². The summed E-state index contributed by atoms with van der Waals surface area (Å²) >= 11 is 0. The molecule has 0 radical (unpaired) electrons. The first-order valence-corrected chi connectivity index (χ1v) is 5.81.